The van der Waals surface area contributed by atoms with Crippen LogP contribution in [0.5, 0.6) is 5.75 Å². The molecule has 5 aromatic rings. The van der Waals surface area contributed by atoms with Crippen LogP contribution in [0, 0.1) is 11.6 Å². The van der Waals surface area contributed by atoms with Crippen molar-refractivity contribution in [2.45, 2.75) is 70.2 Å². The number of rotatable bonds is 9. The first-order valence-corrected chi connectivity index (χ1v) is 18.6. The fourth-order valence-corrected chi connectivity index (χ4v) is 7.42. The number of nitrogens with two attached hydrogens (primary N) is 1. The molecule has 0 aliphatic carbocycles. The summed E-state index contributed by atoms with van der Waals surface area (Å²) in [7, 11) is 0. The van der Waals surface area contributed by atoms with Gasteiger partial charge in [0.15, 0.2) is 0 Å². The van der Waals surface area contributed by atoms with Gasteiger partial charge in [0, 0.05) is 69.1 Å². The first-order valence-electron chi connectivity index (χ1n) is 18.6. The normalized spacial score (nSPS) is 17.3. The zero-order valence-corrected chi connectivity index (χ0v) is 29.9. The third-order valence-corrected chi connectivity index (χ3v) is 10.5. The molecule has 0 unspecified atom stereocenters. The number of likely N-dealkylation sites (tertiary alicyclic amines) is 2. The third kappa shape index (κ3) is 9.30. The zero-order valence-electron chi connectivity index (χ0n) is 29.9. The summed E-state index contributed by atoms with van der Waals surface area (Å²) in [6, 6.07) is 11.9. The Morgan fingerprint density at radius 1 is 0.736 bits per heavy atom. The maximum atomic E-state index is 13.7. The van der Waals surface area contributed by atoms with Crippen molar-refractivity contribution in [1.82, 2.24) is 39.2 Å². The number of piperidine rings is 2. The lowest BCUT2D eigenvalue weighted by molar-refractivity contribution is 0.191. The van der Waals surface area contributed by atoms with Crippen LogP contribution in [0.4, 0.5) is 8.78 Å². The van der Waals surface area contributed by atoms with E-state index in [4.69, 9.17) is 10.5 Å². The minimum atomic E-state index is -0.426. The Morgan fingerprint density at radius 2 is 1.30 bits per heavy atom. The molecular weight excluding hydrogens is 680 g/mol. The van der Waals surface area contributed by atoms with Crippen molar-refractivity contribution in [3.63, 3.8) is 0 Å². The second-order valence-corrected chi connectivity index (χ2v) is 14.2. The standard InChI is InChI=1S/C24H28FN5O2.C15H19FN4O/c25-18-13-22-21(28-14-18)3-4-24(31)30(22)10-9-29-7-5-19(6-8-29)26-15-20-12-17-2-1-11-32-23(17)16-27-20;16-11-9-14-13(18-10-11)1-2-15(21)20(14)8-7-19-5-3-12(17)4-6-19/h3-4,12-14,16,19,26H,1-2,5-11,15H2;1-2,9-10,12H,3-8,17H2. The first-order chi connectivity index (χ1) is 25.8. The molecule has 0 radical (unpaired) electrons. The molecule has 3 N–H and O–H groups in total. The summed E-state index contributed by atoms with van der Waals surface area (Å²) in [5.41, 5.74) is 10.3. The van der Waals surface area contributed by atoms with Gasteiger partial charge >= 0.3 is 0 Å². The van der Waals surface area contributed by atoms with Crippen LogP contribution in [-0.4, -0.2) is 91.8 Å². The van der Waals surface area contributed by atoms with Gasteiger partial charge in [-0.2, -0.15) is 0 Å². The molecule has 53 heavy (non-hydrogen) atoms. The lowest BCUT2D eigenvalue weighted by Gasteiger charge is -2.32. The van der Waals surface area contributed by atoms with Gasteiger partial charge in [0.2, 0.25) is 0 Å². The Kier molecular flexibility index (Phi) is 11.8. The van der Waals surface area contributed by atoms with Crippen LogP contribution in [0.1, 0.15) is 43.4 Å². The molecule has 0 amide bonds. The van der Waals surface area contributed by atoms with Crippen LogP contribution in [-0.2, 0) is 26.1 Å². The molecule has 8 heterocycles. The van der Waals surface area contributed by atoms with Crippen molar-refractivity contribution >= 4 is 22.1 Å². The maximum Gasteiger partial charge on any atom is 0.251 e. The summed E-state index contributed by atoms with van der Waals surface area (Å²) in [6.45, 7) is 7.98. The zero-order chi connectivity index (χ0) is 36.7. The van der Waals surface area contributed by atoms with Gasteiger partial charge in [-0.25, -0.2) is 8.78 Å². The van der Waals surface area contributed by atoms with Crippen LogP contribution in [0.3, 0.4) is 0 Å². The van der Waals surface area contributed by atoms with Gasteiger partial charge < -0.3 is 34.7 Å². The van der Waals surface area contributed by atoms with Crippen molar-refractivity contribution in [3.05, 3.63) is 105 Å². The number of fused-ring (bicyclic) bond motifs is 3. The largest absolute Gasteiger partial charge is 0.492 e. The number of halogens is 2. The Balaban J connectivity index is 0.000000179. The smallest absolute Gasteiger partial charge is 0.251 e. The molecule has 3 aliphatic heterocycles. The van der Waals surface area contributed by atoms with E-state index >= 15 is 0 Å². The minimum absolute atomic E-state index is 0.121. The number of hydrogen-bond donors (Lipinski definition) is 2. The number of nitrogens with one attached hydrogen (secondary N) is 1. The quantitative estimate of drug-likeness (QED) is 0.233. The highest BCUT2D eigenvalue weighted by molar-refractivity contribution is 5.74. The van der Waals surface area contributed by atoms with Gasteiger partial charge in [0.25, 0.3) is 11.1 Å². The van der Waals surface area contributed by atoms with Crippen molar-refractivity contribution < 1.29 is 13.5 Å². The van der Waals surface area contributed by atoms with Gasteiger partial charge in [-0.3, -0.25) is 24.5 Å². The maximum absolute atomic E-state index is 13.7. The summed E-state index contributed by atoms with van der Waals surface area (Å²) < 4.78 is 35.9. The Labute approximate surface area is 306 Å². The molecule has 8 rings (SSSR count). The number of hydrogen-bond acceptors (Lipinski definition) is 10. The van der Waals surface area contributed by atoms with E-state index in [0.717, 1.165) is 102 Å². The Hall–Kier alpha value is -4.63. The first kappa shape index (κ1) is 36.7. The van der Waals surface area contributed by atoms with E-state index < -0.39 is 11.6 Å². The van der Waals surface area contributed by atoms with E-state index in [2.05, 4.69) is 36.1 Å². The molecule has 3 aliphatic rings. The summed E-state index contributed by atoms with van der Waals surface area (Å²) >= 11 is 0. The second kappa shape index (κ2) is 17.0. The third-order valence-electron chi connectivity index (χ3n) is 10.5. The van der Waals surface area contributed by atoms with Crippen LogP contribution in [0.15, 0.2) is 70.6 Å². The number of aromatic nitrogens is 5. The van der Waals surface area contributed by atoms with Crippen molar-refractivity contribution in [2.24, 2.45) is 5.73 Å². The highest BCUT2D eigenvalue weighted by Gasteiger charge is 2.20. The minimum Gasteiger partial charge on any atom is -0.492 e. The molecule has 280 valence electrons. The van der Waals surface area contributed by atoms with Crippen molar-refractivity contribution in [3.8, 4) is 5.75 Å². The fourth-order valence-electron chi connectivity index (χ4n) is 7.42. The summed E-state index contributed by atoms with van der Waals surface area (Å²) in [4.78, 5) is 41.7. The number of nitrogens with zero attached hydrogens (tertiary/aromatic N) is 7. The highest BCUT2D eigenvalue weighted by atomic mass is 19.1. The molecule has 2 fully saturated rings. The highest BCUT2D eigenvalue weighted by Crippen LogP contribution is 2.24. The molecule has 0 spiro atoms. The molecule has 14 heteroatoms. The Bertz CT molecular complexity index is 2140. The van der Waals surface area contributed by atoms with E-state index in [0.29, 0.717) is 47.2 Å². The monoisotopic (exact) mass is 727 g/mol. The van der Waals surface area contributed by atoms with Crippen LogP contribution in [0.2, 0.25) is 0 Å². The van der Waals surface area contributed by atoms with Gasteiger partial charge in [0.1, 0.15) is 17.4 Å². The van der Waals surface area contributed by atoms with E-state index in [1.54, 1.807) is 21.3 Å². The van der Waals surface area contributed by atoms with E-state index in [1.165, 1.54) is 42.2 Å². The molecular formula is C39H47F2N9O3. The number of aryl methyl sites for hydroxylation is 1. The summed E-state index contributed by atoms with van der Waals surface area (Å²) in [6.07, 6.45) is 10.4. The topological polar surface area (TPSA) is 136 Å². The van der Waals surface area contributed by atoms with Gasteiger partial charge in [-0.05, 0) is 88.5 Å². The van der Waals surface area contributed by atoms with Crippen LogP contribution >= 0.6 is 0 Å². The molecule has 12 nitrogen and oxygen atoms in total. The lowest BCUT2D eigenvalue weighted by Crippen LogP contribution is -2.43. The second-order valence-electron chi connectivity index (χ2n) is 14.2. The fraction of sp³-hybridized carbons (Fsp3) is 0.462. The van der Waals surface area contributed by atoms with Gasteiger partial charge in [-0.1, -0.05) is 0 Å². The van der Waals surface area contributed by atoms with Gasteiger partial charge in [0.05, 0.1) is 53.0 Å². The molecule has 0 atom stereocenters. The molecule has 0 aromatic carbocycles. The van der Waals surface area contributed by atoms with Gasteiger partial charge in [-0.15, -0.1) is 0 Å². The van der Waals surface area contributed by atoms with Crippen LogP contribution < -0.4 is 26.9 Å². The molecule has 5 aromatic heterocycles. The number of pyridine rings is 5. The average molecular weight is 728 g/mol. The van der Waals surface area contributed by atoms with Crippen LogP contribution in [0.25, 0.3) is 22.1 Å². The molecule has 2 saturated heterocycles. The van der Waals surface area contributed by atoms with E-state index in [9.17, 15) is 18.4 Å². The molecule has 0 bridgehead atoms. The SMILES string of the molecule is NC1CCN(CCn2c(=O)ccc3ncc(F)cc32)CC1.O=c1ccc2ncc(F)cc2n1CCN1CCC(NCc2cc3c(cn2)OCCC3)CC1. The molecule has 0 saturated carbocycles. The van der Waals surface area contributed by atoms with Crippen molar-refractivity contribution in [2.75, 3.05) is 45.9 Å². The van der Waals surface area contributed by atoms with E-state index in [-0.39, 0.29) is 11.1 Å². The lowest BCUT2D eigenvalue weighted by atomic mass is 10.0. The summed E-state index contributed by atoms with van der Waals surface area (Å²) in [5, 5.41) is 3.64. The average Bonchev–Trinajstić information content (AvgIpc) is 3.17. The predicted molar refractivity (Wildman–Crippen MR) is 200 cm³/mol. The van der Waals surface area contributed by atoms with Crippen molar-refractivity contribution in [1.29, 1.82) is 0 Å². The predicted octanol–water partition coefficient (Wildman–Crippen LogP) is 3.47. The Morgan fingerprint density at radius 3 is 1.89 bits per heavy atom. The summed E-state index contributed by atoms with van der Waals surface area (Å²) in [5.74, 6) is 0.0765. The van der Waals surface area contributed by atoms with E-state index in [1.807, 2.05) is 6.20 Å². The number of ether oxygens (including phenoxy) is 1.